The minimum atomic E-state index is -0.507. The van der Waals surface area contributed by atoms with Crippen molar-refractivity contribution in [3.05, 3.63) is 88.9 Å². The molecule has 0 spiro atoms. The van der Waals surface area contributed by atoms with E-state index in [4.69, 9.17) is 14.9 Å². The normalized spacial score (nSPS) is 10.9. The Morgan fingerprint density at radius 2 is 1.79 bits per heavy atom. The van der Waals surface area contributed by atoms with Gasteiger partial charge in [-0.15, -0.1) is 0 Å². The number of para-hydroxylation sites is 2. The molecule has 0 aliphatic heterocycles. The third-order valence-corrected chi connectivity index (χ3v) is 4.68. The zero-order valence-corrected chi connectivity index (χ0v) is 16.1. The maximum atomic E-state index is 11.8. The zero-order chi connectivity index (χ0) is 20.2. The lowest BCUT2D eigenvalue weighted by Gasteiger charge is -2.13. The molecule has 2 aromatic heterocycles. The molecule has 146 valence electrons. The van der Waals surface area contributed by atoms with Gasteiger partial charge in [-0.25, -0.2) is 9.97 Å². The van der Waals surface area contributed by atoms with Crippen molar-refractivity contribution >= 4 is 17.0 Å². The second-order valence-corrected chi connectivity index (χ2v) is 6.80. The Morgan fingerprint density at radius 1 is 1.03 bits per heavy atom. The molecule has 4 aromatic rings. The minimum absolute atomic E-state index is 0.388. The van der Waals surface area contributed by atoms with Gasteiger partial charge in [0.1, 0.15) is 12.1 Å². The van der Waals surface area contributed by atoms with E-state index in [2.05, 4.69) is 9.97 Å². The van der Waals surface area contributed by atoms with Crippen LogP contribution in [0.15, 0.2) is 65.1 Å². The van der Waals surface area contributed by atoms with Crippen molar-refractivity contribution in [3.8, 4) is 5.88 Å². The first-order valence-electron chi connectivity index (χ1n) is 9.41. The molecule has 0 unspecified atom stereocenters. The lowest BCUT2D eigenvalue weighted by Crippen LogP contribution is -2.15. The third-order valence-electron chi connectivity index (χ3n) is 4.68. The highest BCUT2D eigenvalue weighted by Crippen LogP contribution is 2.24. The van der Waals surface area contributed by atoms with Gasteiger partial charge in [0.05, 0.1) is 11.3 Å². The number of fused-ring (bicyclic) bond motifs is 1. The number of rotatable bonds is 7. The lowest BCUT2D eigenvalue weighted by molar-refractivity contribution is 0.0999. The molecule has 0 atom stereocenters. The molecule has 0 saturated heterocycles. The first-order chi connectivity index (χ1) is 14.1. The largest absolute Gasteiger partial charge is 0.473 e. The summed E-state index contributed by atoms with van der Waals surface area (Å²) >= 11 is 0. The van der Waals surface area contributed by atoms with Crippen molar-refractivity contribution < 1.29 is 13.9 Å². The van der Waals surface area contributed by atoms with Crippen LogP contribution in [-0.4, -0.2) is 15.9 Å². The Kier molecular flexibility index (Phi) is 5.24. The SMILES string of the molecule is Cc1nc(OCc2ccccc2)c(CCc2nc3ccccc3o2)cc1C(N)=O. The number of carbonyl (C=O) groups is 1. The summed E-state index contributed by atoms with van der Waals surface area (Å²) in [5.74, 6) is 0.613. The topological polar surface area (TPSA) is 91.2 Å². The molecule has 2 heterocycles. The van der Waals surface area contributed by atoms with E-state index >= 15 is 0 Å². The Morgan fingerprint density at radius 3 is 2.55 bits per heavy atom. The summed E-state index contributed by atoms with van der Waals surface area (Å²) in [7, 11) is 0. The van der Waals surface area contributed by atoms with E-state index in [1.165, 1.54) is 0 Å². The van der Waals surface area contributed by atoms with Gasteiger partial charge in [0.2, 0.25) is 5.88 Å². The zero-order valence-electron chi connectivity index (χ0n) is 16.1. The second kappa shape index (κ2) is 8.14. The monoisotopic (exact) mass is 387 g/mol. The van der Waals surface area contributed by atoms with Gasteiger partial charge in [-0.05, 0) is 37.1 Å². The number of benzene rings is 2. The summed E-state index contributed by atoms with van der Waals surface area (Å²) in [6.45, 7) is 2.14. The molecule has 4 rings (SSSR count). The highest BCUT2D eigenvalue weighted by molar-refractivity contribution is 5.94. The highest BCUT2D eigenvalue weighted by atomic mass is 16.5. The number of hydrogen-bond donors (Lipinski definition) is 1. The molecule has 0 aliphatic rings. The van der Waals surface area contributed by atoms with Crippen LogP contribution >= 0.6 is 0 Å². The molecule has 6 heteroatoms. The van der Waals surface area contributed by atoms with Gasteiger partial charge in [0.15, 0.2) is 11.5 Å². The summed E-state index contributed by atoms with van der Waals surface area (Å²) in [6, 6.07) is 19.2. The van der Waals surface area contributed by atoms with Crippen LogP contribution in [0.25, 0.3) is 11.1 Å². The van der Waals surface area contributed by atoms with Gasteiger partial charge in [-0.3, -0.25) is 4.79 Å². The first kappa shape index (κ1) is 18.7. The third kappa shape index (κ3) is 4.27. The fraction of sp³-hybridized carbons (Fsp3) is 0.174. The predicted octanol–water partition coefficient (Wildman–Crippen LogP) is 3.99. The quantitative estimate of drug-likeness (QED) is 0.518. The molecule has 0 fully saturated rings. The number of pyridine rings is 1. The van der Waals surface area contributed by atoms with Crippen LogP contribution in [0.4, 0.5) is 0 Å². The van der Waals surface area contributed by atoms with Crippen LogP contribution in [0.5, 0.6) is 5.88 Å². The lowest BCUT2D eigenvalue weighted by atomic mass is 10.1. The second-order valence-electron chi connectivity index (χ2n) is 6.80. The number of aryl methyl sites for hydroxylation is 3. The smallest absolute Gasteiger partial charge is 0.250 e. The van der Waals surface area contributed by atoms with Crippen molar-refractivity contribution in [2.24, 2.45) is 5.73 Å². The molecule has 0 bridgehead atoms. The molecule has 0 saturated carbocycles. The van der Waals surface area contributed by atoms with E-state index in [0.717, 1.165) is 22.2 Å². The van der Waals surface area contributed by atoms with E-state index < -0.39 is 5.91 Å². The van der Waals surface area contributed by atoms with Crippen molar-refractivity contribution in [1.82, 2.24) is 9.97 Å². The van der Waals surface area contributed by atoms with Crippen molar-refractivity contribution in [3.63, 3.8) is 0 Å². The Labute approximate surface area is 168 Å². The Bertz CT molecular complexity index is 1120. The van der Waals surface area contributed by atoms with Crippen LogP contribution in [-0.2, 0) is 19.4 Å². The maximum absolute atomic E-state index is 11.8. The number of aromatic nitrogens is 2. The maximum Gasteiger partial charge on any atom is 0.250 e. The molecule has 6 nitrogen and oxygen atoms in total. The molecule has 1 amide bonds. The average Bonchev–Trinajstić information content (AvgIpc) is 3.15. The Balaban J connectivity index is 1.58. The number of nitrogens with two attached hydrogens (primary N) is 1. The van der Waals surface area contributed by atoms with Gasteiger partial charge in [0.25, 0.3) is 5.91 Å². The number of amides is 1. The molecule has 29 heavy (non-hydrogen) atoms. The van der Waals surface area contributed by atoms with Gasteiger partial charge in [-0.2, -0.15) is 0 Å². The number of oxazole rings is 1. The number of nitrogens with zero attached hydrogens (tertiary/aromatic N) is 2. The van der Waals surface area contributed by atoms with Crippen LogP contribution in [0.1, 0.15) is 33.1 Å². The van der Waals surface area contributed by atoms with Crippen molar-refractivity contribution in [2.45, 2.75) is 26.4 Å². The van der Waals surface area contributed by atoms with E-state index in [0.29, 0.717) is 42.5 Å². The van der Waals surface area contributed by atoms with Crippen molar-refractivity contribution in [1.29, 1.82) is 0 Å². The van der Waals surface area contributed by atoms with E-state index in [1.54, 1.807) is 13.0 Å². The summed E-state index contributed by atoms with van der Waals surface area (Å²) in [4.78, 5) is 20.8. The van der Waals surface area contributed by atoms with E-state index in [9.17, 15) is 4.79 Å². The van der Waals surface area contributed by atoms with Gasteiger partial charge >= 0.3 is 0 Å². The molecule has 0 radical (unpaired) electrons. The van der Waals surface area contributed by atoms with Gasteiger partial charge in [0, 0.05) is 12.0 Å². The van der Waals surface area contributed by atoms with Crippen LogP contribution in [0.3, 0.4) is 0 Å². The molecule has 2 N–H and O–H groups in total. The fourth-order valence-corrected chi connectivity index (χ4v) is 3.17. The summed E-state index contributed by atoms with van der Waals surface area (Å²) < 4.78 is 11.8. The summed E-state index contributed by atoms with van der Waals surface area (Å²) in [6.07, 6.45) is 1.11. The standard InChI is InChI=1S/C23H21N3O3/c1-15-18(22(24)27)13-17(23(25-15)28-14-16-7-3-2-4-8-16)11-12-21-26-19-9-5-6-10-20(19)29-21/h2-10,13H,11-12,14H2,1H3,(H2,24,27). The van der Waals surface area contributed by atoms with Gasteiger partial charge < -0.3 is 14.9 Å². The molecule has 0 aliphatic carbocycles. The van der Waals surface area contributed by atoms with Crippen LogP contribution in [0, 0.1) is 6.92 Å². The Hall–Kier alpha value is -3.67. The average molecular weight is 387 g/mol. The van der Waals surface area contributed by atoms with Gasteiger partial charge in [-0.1, -0.05) is 42.5 Å². The van der Waals surface area contributed by atoms with Crippen LogP contribution < -0.4 is 10.5 Å². The number of hydrogen-bond acceptors (Lipinski definition) is 5. The van der Waals surface area contributed by atoms with Crippen molar-refractivity contribution in [2.75, 3.05) is 0 Å². The van der Waals surface area contributed by atoms with E-state index in [-0.39, 0.29) is 0 Å². The minimum Gasteiger partial charge on any atom is -0.473 e. The highest BCUT2D eigenvalue weighted by Gasteiger charge is 2.15. The number of primary amides is 1. The first-order valence-corrected chi connectivity index (χ1v) is 9.41. The molecular formula is C23H21N3O3. The summed E-state index contributed by atoms with van der Waals surface area (Å²) in [5.41, 5.74) is 9.85. The number of carbonyl (C=O) groups excluding carboxylic acids is 1. The molecule has 2 aromatic carbocycles. The number of ether oxygens (including phenoxy) is 1. The fourth-order valence-electron chi connectivity index (χ4n) is 3.17. The van der Waals surface area contributed by atoms with E-state index in [1.807, 2.05) is 54.6 Å². The molecular weight excluding hydrogens is 366 g/mol. The summed E-state index contributed by atoms with van der Waals surface area (Å²) in [5, 5.41) is 0. The predicted molar refractivity (Wildman–Crippen MR) is 110 cm³/mol. The van der Waals surface area contributed by atoms with Crippen LogP contribution in [0.2, 0.25) is 0 Å².